The van der Waals surface area contributed by atoms with E-state index in [1.54, 1.807) is 0 Å². The molecule has 0 spiro atoms. The molecule has 0 aromatic carbocycles. The molecule has 0 aliphatic carbocycles. The van der Waals surface area contributed by atoms with Gasteiger partial charge in [0.2, 0.25) is 0 Å². The van der Waals surface area contributed by atoms with Gasteiger partial charge in [-0.15, -0.1) is 0 Å². The largest absolute Gasteiger partial charge is 0.433 e. The third-order valence-electron chi connectivity index (χ3n) is 1.57. The molecular weight excluding hydrogens is 204 g/mol. The Morgan fingerprint density at radius 2 is 2.43 bits per heavy atom. The lowest BCUT2D eigenvalue weighted by Gasteiger charge is -2.01. The van der Waals surface area contributed by atoms with Crippen LogP contribution in [-0.2, 0) is 9.57 Å². The van der Waals surface area contributed by atoms with E-state index in [2.05, 4.69) is 15.3 Å². The van der Waals surface area contributed by atoms with Gasteiger partial charge >= 0.3 is 6.09 Å². The maximum Gasteiger partial charge on any atom is 0.433 e. The van der Waals surface area contributed by atoms with Crippen molar-refractivity contribution in [2.75, 3.05) is 6.54 Å². The van der Waals surface area contributed by atoms with Gasteiger partial charge in [-0.05, 0) is 20.8 Å². The van der Waals surface area contributed by atoms with Crippen molar-refractivity contribution in [1.29, 1.82) is 0 Å². The van der Waals surface area contributed by atoms with Crippen molar-refractivity contribution in [3.8, 4) is 0 Å². The average molecular weight is 218 g/mol. The summed E-state index contributed by atoms with van der Waals surface area (Å²) in [7, 11) is 0. The molecule has 1 rings (SSSR count). The smallest absolute Gasteiger partial charge is 0.358 e. The van der Waals surface area contributed by atoms with Crippen LogP contribution in [0.4, 0.5) is 4.79 Å². The second kappa shape index (κ2) is 5.21. The Labute approximate surface area is 87.2 Å². The quantitative estimate of drug-likeness (QED) is 0.564. The molecule has 2 atom stereocenters. The van der Waals surface area contributed by atoms with Crippen LogP contribution in [0.25, 0.3) is 0 Å². The molecule has 1 fully saturated rings. The highest BCUT2D eigenvalue weighted by molar-refractivity contribution is 8.14. The minimum atomic E-state index is -0.535. The first kappa shape index (κ1) is 11.3. The highest BCUT2D eigenvalue weighted by Crippen LogP contribution is 2.27. The second-order valence-corrected chi connectivity index (χ2v) is 4.12. The van der Waals surface area contributed by atoms with Crippen LogP contribution in [0.2, 0.25) is 0 Å². The van der Waals surface area contributed by atoms with Crippen molar-refractivity contribution in [3.05, 3.63) is 0 Å². The molecule has 0 unspecified atom stereocenters. The van der Waals surface area contributed by atoms with E-state index < -0.39 is 6.09 Å². The van der Waals surface area contributed by atoms with Crippen LogP contribution in [0.15, 0.2) is 5.16 Å². The van der Waals surface area contributed by atoms with Crippen LogP contribution < -0.4 is 5.32 Å². The normalized spacial score (nSPS) is 29.2. The van der Waals surface area contributed by atoms with Gasteiger partial charge < -0.3 is 10.1 Å². The molecule has 0 aromatic rings. The first-order chi connectivity index (χ1) is 6.63. The predicted molar refractivity (Wildman–Crippen MR) is 55.2 cm³/mol. The number of thioether (sulfide) groups is 1. The Bertz CT molecular complexity index is 245. The van der Waals surface area contributed by atoms with Gasteiger partial charge in [0.15, 0.2) is 0 Å². The van der Waals surface area contributed by atoms with Gasteiger partial charge in [0, 0.05) is 6.54 Å². The monoisotopic (exact) mass is 218 g/mol. The number of ether oxygens (including phenoxy) is 1. The summed E-state index contributed by atoms with van der Waals surface area (Å²) in [5.41, 5.74) is 0.0709. The van der Waals surface area contributed by atoms with Gasteiger partial charge in [0.1, 0.15) is 16.6 Å². The summed E-state index contributed by atoms with van der Waals surface area (Å²) in [4.78, 5) is 15.5. The molecule has 5 nitrogen and oxygen atoms in total. The molecule has 6 heteroatoms. The molecule has 1 aliphatic rings. The Balaban J connectivity index is 2.41. The summed E-state index contributed by atoms with van der Waals surface area (Å²) < 4.78 is 5.39. The summed E-state index contributed by atoms with van der Waals surface area (Å²) in [5.74, 6) is 0. The van der Waals surface area contributed by atoms with Crippen molar-refractivity contribution >= 4 is 22.9 Å². The predicted octanol–water partition coefficient (Wildman–Crippen LogP) is 1.54. The van der Waals surface area contributed by atoms with Crippen LogP contribution in [0.3, 0.4) is 0 Å². The van der Waals surface area contributed by atoms with Gasteiger partial charge in [-0.2, -0.15) is 0 Å². The summed E-state index contributed by atoms with van der Waals surface area (Å²) in [6, 6.07) is 0. The molecule has 1 aliphatic heterocycles. The van der Waals surface area contributed by atoms with Crippen LogP contribution in [0, 0.1) is 0 Å². The second-order valence-electron chi connectivity index (χ2n) is 2.80. The SMILES string of the molecule is CCNC(=O)O/N=C1\S[C@@H](C)O[C@H]1C. The fourth-order valence-electron chi connectivity index (χ4n) is 0.998. The Morgan fingerprint density at radius 3 is 2.93 bits per heavy atom. The molecule has 1 heterocycles. The highest BCUT2D eigenvalue weighted by Gasteiger charge is 2.26. The Morgan fingerprint density at radius 1 is 1.71 bits per heavy atom. The number of carbonyl (C=O) groups excluding carboxylic acids is 1. The summed E-state index contributed by atoms with van der Waals surface area (Å²) >= 11 is 1.46. The van der Waals surface area contributed by atoms with E-state index in [1.165, 1.54) is 11.8 Å². The zero-order valence-electron chi connectivity index (χ0n) is 8.44. The molecule has 0 bridgehead atoms. The molecule has 1 amide bonds. The maximum atomic E-state index is 10.9. The minimum Gasteiger partial charge on any atom is -0.358 e. The van der Waals surface area contributed by atoms with Crippen molar-refractivity contribution in [1.82, 2.24) is 5.32 Å². The number of carbonyl (C=O) groups is 1. The lowest BCUT2D eigenvalue weighted by molar-refractivity contribution is 0.107. The lowest BCUT2D eigenvalue weighted by atomic mass is 10.4. The van der Waals surface area contributed by atoms with Crippen molar-refractivity contribution in [2.45, 2.75) is 32.3 Å². The van der Waals surface area contributed by atoms with Crippen LogP contribution >= 0.6 is 11.8 Å². The Hall–Kier alpha value is -0.750. The van der Waals surface area contributed by atoms with E-state index >= 15 is 0 Å². The van der Waals surface area contributed by atoms with Crippen LogP contribution in [-0.4, -0.2) is 29.2 Å². The molecular formula is C8H14N2O3S. The van der Waals surface area contributed by atoms with Gasteiger partial charge in [-0.3, -0.25) is 4.84 Å². The third-order valence-corrected chi connectivity index (χ3v) is 2.66. The lowest BCUT2D eigenvalue weighted by Crippen LogP contribution is -2.22. The van der Waals surface area contributed by atoms with Crippen molar-refractivity contribution in [3.63, 3.8) is 0 Å². The number of nitrogens with zero attached hydrogens (tertiary/aromatic N) is 1. The van der Waals surface area contributed by atoms with E-state index in [1.807, 2.05) is 20.8 Å². The topological polar surface area (TPSA) is 59.9 Å². The number of rotatable bonds is 2. The average Bonchev–Trinajstić information content (AvgIpc) is 2.42. The van der Waals surface area contributed by atoms with Gasteiger partial charge in [0.05, 0.1) is 0 Å². The van der Waals surface area contributed by atoms with E-state index in [4.69, 9.17) is 4.74 Å². The number of nitrogens with one attached hydrogen (secondary N) is 1. The molecule has 0 radical (unpaired) electrons. The molecule has 1 saturated heterocycles. The van der Waals surface area contributed by atoms with E-state index in [0.717, 1.165) is 0 Å². The van der Waals surface area contributed by atoms with E-state index in [-0.39, 0.29) is 11.5 Å². The molecule has 0 aromatic heterocycles. The molecule has 0 saturated carbocycles. The Kier molecular flexibility index (Phi) is 4.21. The zero-order chi connectivity index (χ0) is 10.6. The third kappa shape index (κ3) is 3.19. The number of hydrogen-bond acceptors (Lipinski definition) is 5. The summed E-state index contributed by atoms with van der Waals surface area (Å²) in [6.07, 6.45) is -0.628. The van der Waals surface area contributed by atoms with Crippen molar-refractivity contribution < 1.29 is 14.4 Å². The van der Waals surface area contributed by atoms with Gasteiger partial charge in [-0.1, -0.05) is 16.9 Å². The molecule has 80 valence electrons. The first-order valence-corrected chi connectivity index (χ1v) is 5.36. The van der Waals surface area contributed by atoms with E-state index in [9.17, 15) is 4.79 Å². The first-order valence-electron chi connectivity index (χ1n) is 4.48. The minimum absolute atomic E-state index is 0.0709. The summed E-state index contributed by atoms with van der Waals surface area (Å²) in [6.45, 7) is 6.14. The fraction of sp³-hybridized carbons (Fsp3) is 0.750. The van der Waals surface area contributed by atoms with Gasteiger partial charge in [-0.25, -0.2) is 4.79 Å². The summed E-state index contributed by atoms with van der Waals surface area (Å²) in [5, 5.41) is 6.89. The zero-order valence-corrected chi connectivity index (χ0v) is 9.26. The standard InChI is InChI=1S/C8H14N2O3S/c1-4-9-8(11)13-10-7-5(2)12-6(3)14-7/h5-6H,4H2,1-3H3,(H,9,11)/b10-7-/t5-,6-/m0/s1. The fourth-order valence-corrected chi connectivity index (χ4v) is 1.89. The number of oxime groups is 1. The number of amides is 1. The molecule has 1 N–H and O–H groups in total. The number of hydrogen-bond donors (Lipinski definition) is 1. The molecule has 14 heavy (non-hydrogen) atoms. The van der Waals surface area contributed by atoms with Crippen LogP contribution in [0.5, 0.6) is 0 Å². The van der Waals surface area contributed by atoms with E-state index in [0.29, 0.717) is 11.6 Å². The van der Waals surface area contributed by atoms with Crippen LogP contribution in [0.1, 0.15) is 20.8 Å². The maximum absolute atomic E-state index is 10.9. The van der Waals surface area contributed by atoms with Crippen molar-refractivity contribution in [2.24, 2.45) is 5.16 Å². The highest BCUT2D eigenvalue weighted by atomic mass is 32.2. The van der Waals surface area contributed by atoms with Gasteiger partial charge in [0.25, 0.3) is 0 Å².